The van der Waals surface area contributed by atoms with E-state index >= 15 is 0 Å². The molecule has 0 aliphatic carbocycles. The van der Waals surface area contributed by atoms with E-state index in [-0.39, 0.29) is 0 Å². The van der Waals surface area contributed by atoms with E-state index in [2.05, 4.69) is 54.4 Å². The lowest BCUT2D eigenvalue weighted by Crippen LogP contribution is -2.06. The van der Waals surface area contributed by atoms with Gasteiger partial charge in [-0.3, -0.25) is 0 Å². The molecule has 0 N–H and O–H groups in total. The lowest BCUT2D eigenvalue weighted by atomic mass is 10.1. The van der Waals surface area contributed by atoms with Gasteiger partial charge < -0.3 is 4.57 Å². The molecule has 2 heterocycles. The molecule has 0 spiro atoms. The standard InChI is InChI=1S/C14H20BrN3/c1-8(2)6-11-16-13(9(3)4)12-10(15)7-18(5)14(12)17-11/h7-9H,6H2,1-5H3. The van der Waals surface area contributed by atoms with E-state index in [1.807, 2.05) is 7.05 Å². The van der Waals surface area contributed by atoms with E-state index in [4.69, 9.17) is 9.97 Å². The number of aryl methyl sites for hydroxylation is 1. The predicted molar refractivity (Wildman–Crippen MR) is 78.8 cm³/mol. The van der Waals surface area contributed by atoms with Crippen molar-refractivity contribution >= 4 is 27.0 Å². The summed E-state index contributed by atoms with van der Waals surface area (Å²) in [5.41, 5.74) is 2.17. The van der Waals surface area contributed by atoms with Crippen LogP contribution in [0, 0.1) is 5.92 Å². The second kappa shape index (κ2) is 5.00. The third kappa shape index (κ3) is 2.44. The Morgan fingerprint density at radius 2 is 1.89 bits per heavy atom. The zero-order valence-electron chi connectivity index (χ0n) is 11.7. The largest absolute Gasteiger partial charge is 0.334 e. The number of nitrogens with zero attached hydrogens (tertiary/aromatic N) is 3. The monoisotopic (exact) mass is 309 g/mol. The Morgan fingerprint density at radius 1 is 1.22 bits per heavy atom. The summed E-state index contributed by atoms with van der Waals surface area (Å²) < 4.78 is 3.15. The van der Waals surface area contributed by atoms with Gasteiger partial charge in [-0.05, 0) is 27.8 Å². The van der Waals surface area contributed by atoms with Crippen LogP contribution in [0.2, 0.25) is 0 Å². The fourth-order valence-corrected chi connectivity index (χ4v) is 2.85. The number of fused-ring (bicyclic) bond motifs is 1. The molecule has 0 fully saturated rings. The Bertz CT molecular complexity index is 570. The van der Waals surface area contributed by atoms with Crippen molar-refractivity contribution in [3.63, 3.8) is 0 Å². The van der Waals surface area contributed by atoms with Crippen LogP contribution in [0.3, 0.4) is 0 Å². The average molecular weight is 310 g/mol. The quantitative estimate of drug-likeness (QED) is 0.856. The summed E-state index contributed by atoms with van der Waals surface area (Å²) >= 11 is 3.61. The zero-order chi connectivity index (χ0) is 13.4. The van der Waals surface area contributed by atoms with Gasteiger partial charge in [-0.2, -0.15) is 0 Å². The van der Waals surface area contributed by atoms with E-state index < -0.39 is 0 Å². The Balaban J connectivity index is 2.69. The smallest absolute Gasteiger partial charge is 0.144 e. The normalized spacial score (nSPS) is 12.0. The molecule has 0 aromatic carbocycles. The second-order valence-corrected chi connectivity index (χ2v) is 6.42. The minimum atomic E-state index is 0.403. The van der Waals surface area contributed by atoms with Crippen LogP contribution in [0.15, 0.2) is 10.7 Å². The van der Waals surface area contributed by atoms with Gasteiger partial charge in [-0.25, -0.2) is 9.97 Å². The average Bonchev–Trinajstić information content (AvgIpc) is 2.52. The van der Waals surface area contributed by atoms with Crippen LogP contribution in [0.5, 0.6) is 0 Å². The van der Waals surface area contributed by atoms with E-state index in [9.17, 15) is 0 Å². The molecule has 2 aromatic heterocycles. The van der Waals surface area contributed by atoms with E-state index in [0.29, 0.717) is 11.8 Å². The molecule has 0 aliphatic heterocycles. The minimum Gasteiger partial charge on any atom is -0.334 e. The van der Waals surface area contributed by atoms with Gasteiger partial charge in [0.2, 0.25) is 0 Å². The molecule has 98 valence electrons. The first-order chi connectivity index (χ1) is 8.40. The fourth-order valence-electron chi connectivity index (χ4n) is 2.17. The van der Waals surface area contributed by atoms with Crippen molar-refractivity contribution in [3.8, 4) is 0 Å². The molecule has 0 bridgehead atoms. The number of hydrogen-bond donors (Lipinski definition) is 0. The molecule has 0 unspecified atom stereocenters. The SMILES string of the molecule is CC(C)Cc1nc(C(C)C)c2c(Br)cn(C)c2n1. The van der Waals surface area contributed by atoms with Crippen LogP contribution < -0.4 is 0 Å². The fraction of sp³-hybridized carbons (Fsp3) is 0.571. The number of aromatic nitrogens is 3. The summed E-state index contributed by atoms with van der Waals surface area (Å²) in [7, 11) is 2.03. The maximum atomic E-state index is 4.76. The molecular weight excluding hydrogens is 290 g/mol. The first kappa shape index (κ1) is 13.5. The van der Waals surface area contributed by atoms with Gasteiger partial charge in [-0.15, -0.1) is 0 Å². The predicted octanol–water partition coefficient (Wildman–Crippen LogP) is 4.05. The third-order valence-corrected chi connectivity index (χ3v) is 3.58. The molecule has 0 radical (unpaired) electrons. The van der Waals surface area contributed by atoms with Gasteiger partial charge in [0.15, 0.2) is 0 Å². The van der Waals surface area contributed by atoms with Crippen molar-refractivity contribution in [2.45, 2.75) is 40.0 Å². The highest BCUT2D eigenvalue weighted by Gasteiger charge is 2.16. The van der Waals surface area contributed by atoms with Crippen molar-refractivity contribution in [1.29, 1.82) is 0 Å². The molecule has 0 saturated heterocycles. The van der Waals surface area contributed by atoms with Crippen molar-refractivity contribution in [1.82, 2.24) is 14.5 Å². The Morgan fingerprint density at radius 3 is 2.44 bits per heavy atom. The molecule has 2 aromatic rings. The Hall–Kier alpha value is -0.900. The van der Waals surface area contributed by atoms with E-state index in [1.54, 1.807) is 0 Å². The molecule has 0 amide bonds. The molecule has 4 heteroatoms. The van der Waals surface area contributed by atoms with Crippen LogP contribution in [-0.2, 0) is 13.5 Å². The third-order valence-electron chi connectivity index (χ3n) is 2.98. The first-order valence-corrected chi connectivity index (χ1v) is 7.20. The summed E-state index contributed by atoms with van der Waals surface area (Å²) in [5, 5.41) is 1.15. The zero-order valence-corrected chi connectivity index (χ0v) is 13.2. The van der Waals surface area contributed by atoms with E-state index in [1.165, 1.54) is 0 Å². The van der Waals surface area contributed by atoms with Gasteiger partial charge in [-0.1, -0.05) is 27.7 Å². The van der Waals surface area contributed by atoms with Crippen molar-refractivity contribution < 1.29 is 0 Å². The first-order valence-electron chi connectivity index (χ1n) is 6.41. The highest BCUT2D eigenvalue weighted by atomic mass is 79.9. The topological polar surface area (TPSA) is 30.7 Å². The molecule has 0 aliphatic rings. The summed E-state index contributed by atoms with van der Waals surface area (Å²) in [6, 6.07) is 0. The van der Waals surface area contributed by atoms with Crippen LogP contribution in [0.25, 0.3) is 11.0 Å². The van der Waals surface area contributed by atoms with Gasteiger partial charge >= 0.3 is 0 Å². The van der Waals surface area contributed by atoms with Crippen LogP contribution in [-0.4, -0.2) is 14.5 Å². The molecule has 3 nitrogen and oxygen atoms in total. The van der Waals surface area contributed by atoms with Crippen LogP contribution in [0.4, 0.5) is 0 Å². The molecular formula is C14H20BrN3. The maximum absolute atomic E-state index is 4.76. The van der Waals surface area contributed by atoms with Gasteiger partial charge in [0, 0.05) is 24.1 Å². The highest BCUT2D eigenvalue weighted by Crippen LogP contribution is 2.31. The summed E-state index contributed by atoms with van der Waals surface area (Å²) in [6.07, 6.45) is 2.99. The van der Waals surface area contributed by atoms with Gasteiger partial charge in [0.1, 0.15) is 11.5 Å². The molecule has 18 heavy (non-hydrogen) atoms. The molecule has 2 rings (SSSR count). The maximum Gasteiger partial charge on any atom is 0.144 e. The number of rotatable bonds is 3. The lowest BCUT2D eigenvalue weighted by molar-refractivity contribution is 0.616. The van der Waals surface area contributed by atoms with Crippen molar-refractivity contribution in [2.75, 3.05) is 0 Å². The van der Waals surface area contributed by atoms with Crippen molar-refractivity contribution in [2.24, 2.45) is 13.0 Å². The minimum absolute atomic E-state index is 0.403. The summed E-state index contributed by atoms with van der Waals surface area (Å²) in [6.45, 7) is 8.76. The molecule has 0 saturated carbocycles. The second-order valence-electron chi connectivity index (χ2n) is 5.56. The Kier molecular flexibility index (Phi) is 3.76. The van der Waals surface area contributed by atoms with Gasteiger partial charge in [0.25, 0.3) is 0 Å². The highest BCUT2D eigenvalue weighted by molar-refractivity contribution is 9.10. The summed E-state index contributed by atoms with van der Waals surface area (Å²) in [5.74, 6) is 1.93. The van der Waals surface area contributed by atoms with Gasteiger partial charge in [0.05, 0.1) is 11.1 Å². The number of halogens is 1. The van der Waals surface area contributed by atoms with Crippen LogP contribution in [0.1, 0.15) is 45.1 Å². The Labute approximate surface area is 117 Å². The summed E-state index contributed by atoms with van der Waals surface area (Å²) in [4.78, 5) is 9.46. The van der Waals surface area contributed by atoms with Crippen LogP contribution >= 0.6 is 15.9 Å². The van der Waals surface area contributed by atoms with Crippen molar-refractivity contribution in [3.05, 3.63) is 22.2 Å². The number of hydrogen-bond acceptors (Lipinski definition) is 2. The lowest BCUT2D eigenvalue weighted by Gasteiger charge is -2.11. The molecule has 0 atom stereocenters. The van der Waals surface area contributed by atoms with E-state index in [0.717, 1.165) is 33.4 Å².